The van der Waals surface area contributed by atoms with E-state index in [0.29, 0.717) is 35.9 Å². The fraction of sp³-hybridized carbons (Fsp3) is 0.448. The van der Waals surface area contributed by atoms with Crippen molar-refractivity contribution in [2.75, 3.05) is 33.4 Å². The maximum Gasteiger partial charge on any atom is 0.336 e. The number of nitrogens with zero attached hydrogens (tertiary/aromatic N) is 1. The lowest BCUT2D eigenvalue weighted by Gasteiger charge is -2.36. The van der Waals surface area contributed by atoms with Crippen LogP contribution in [0.4, 0.5) is 0 Å². The zero-order valence-corrected chi connectivity index (χ0v) is 22.6. The van der Waals surface area contributed by atoms with Gasteiger partial charge >= 0.3 is 5.97 Å². The van der Waals surface area contributed by atoms with Crippen molar-refractivity contribution in [3.8, 4) is 5.75 Å². The molecule has 1 aliphatic rings. The smallest absolute Gasteiger partial charge is 0.336 e. The molecule has 3 rings (SSSR count). The number of rotatable bonds is 13. The Bertz CT molecular complexity index is 1070. The Labute approximate surface area is 224 Å². The predicted octanol–water partition coefficient (Wildman–Crippen LogP) is 4.68. The number of aliphatic hydroxyl groups excluding tert-OH is 1. The summed E-state index contributed by atoms with van der Waals surface area (Å²) in [4.78, 5) is 28.4. The average molecular weight is 529 g/mol. The van der Waals surface area contributed by atoms with E-state index in [-0.39, 0.29) is 31.5 Å². The maximum atomic E-state index is 13.5. The van der Waals surface area contributed by atoms with Gasteiger partial charge in [-0.2, -0.15) is 0 Å². The first kappa shape index (κ1) is 28.7. The molecule has 0 aromatic heterocycles. The van der Waals surface area contributed by atoms with E-state index in [0.717, 1.165) is 29.8 Å². The molecule has 8 heteroatoms. The molecule has 0 saturated heterocycles. The molecule has 0 bridgehead atoms. The van der Waals surface area contributed by atoms with Crippen LogP contribution in [0.3, 0.4) is 0 Å². The normalized spacial score (nSPS) is 16.6. The summed E-state index contributed by atoms with van der Waals surface area (Å²) in [6.45, 7) is 5.90. The molecule has 2 aromatic carbocycles. The zero-order chi connectivity index (χ0) is 26.8. The number of benzene rings is 2. The van der Waals surface area contributed by atoms with Gasteiger partial charge < -0.3 is 24.8 Å². The van der Waals surface area contributed by atoms with Crippen LogP contribution in [0, 0.1) is 5.92 Å². The van der Waals surface area contributed by atoms with Gasteiger partial charge in [0, 0.05) is 42.8 Å². The van der Waals surface area contributed by atoms with Gasteiger partial charge in [0.25, 0.3) is 0 Å². The number of halogens is 1. The van der Waals surface area contributed by atoms with Gasteiger partial charge in [-0.25, -0.2) is 4.79 Å². The Morgan fingerprint density at radius 1 is 1.19 bits per heavy atom. The third-order valence-electron chi connectivity index (χ3n) is 6.58. The lowest BCUT2D eigenvalue weighted by atomic mass is 9.83. The first-order valence-corrected chi connectivity index (χ1v) is 13.1. The van der Waals surface area contributed by atoms with Gasteiger partial charge in [0.05, 0.1) is 5.57 Å². The van der Waals surface area contributed by atoms with Crippen molar-refractivity contribution >= 4 is 23.5 Å². The molecular formula is C29H37ClN2O5. The van der Waals surface area contributed by atoms with Crippen molar-refractivity contribution < 1.29 is 24.2 Å². The molecule has 0 aliphatic carbocycles. The maximum absolute atomic E-state index is 13.5. The van der Waals surface area contributed by atoms with Crippen molar-refractivity contribution in [2.45, 2.75) is 45.6 Å². The van der Waals surface area contributed by atoms with Crippen molar-refractivity contribution in [1.82, 2.24) is 10.2 Å². The summed E-state index contributed by atoms with van der Waals surface area (Å²) < 4.78 is 11.4. The minimum atomic E-state index is -0.438. The molecule has 0 saturated carbocycles. The number of amides is 1. The predicted molar refractivity (Wildman–Crippen MR) is 144 cm³/mol. The van der Waals surface area contributed by atoms with Gasteiger partial charge in [-0.15, -0.1) is 0 Å². The molecule has 0 spiro atoms. The highest BCUT2D eigenvalue weighted by Gasteiger charge is 2.37. The van der Waals surface area contributed by atoms with E-state index in [4.69, 9.17) is 26.2 Å². The molecule has 2 unspecified atom stereocenters. The van der Waals surface area contributed by atoms with Gasteiger partial charge in [0.1, 0.15) is 19.0 Å². The summed E-state index contributed by atoms with van der Waals surface area (Å²) in [5.74, 6) is 0.0583. The van der Waals surface area contributed by atoms with E-state index in [1.807, 2.05) is 57.3 Å². The monoisotopic (exact) mass is 528 g/mol. The fourth-order valence-corrected chi connectivity index (χ4v) is 4.63. The minimum Gasteiger partial charge on any atom is -0.492 e. The first-order valence-electron chi connectivity index (χ1n) is 12.7. The number of allylic oxidation sites excluding steroid dienone is 1. The Morgan fingerprint density at radius 3 is 2.54 bits per heavy atom. The molecule has 0 radical (unpaired) electrons. The summed E-state index contributed by atoms with van der Waals surface area (Å²) >= 11 is 6.08. The molecule has 7 nitrogen and oxygen atoms in total. The third kappa shape index (κ3) is 8.06. The summed E-state index contributed by atoms with van der Waals surface area (Å²) in [6.07, 6.45) is 1.64. The number of likely N-dealkylation sites (N-methyl/N-ethyl adjacent to an activating group) is 1. The Kier molecular flexibility index (Phi) is 11.0. The van der Waals surface area contributed by atoms with Crippen molar-refractivity contribution in [1.29, 1.82) is 0 Å². The number of hydrogen-bond acceptors (Lipinski definition) is 6. The summed E-state index contributed by atoms with van der Waals surface area (Å²) in [6, 6.07) is 14.7. The van der Waals surface area contributed by atoms with Crippen LogP contribution in [0.2, 0.25) is 5.02 Å². The van der Waals surface area contributed by atoms with Crippen molar-refractivity contribution in [3.05, 3.63) is 76.0 Å². The van der Waals surface area contributed by atoms with Gasteiger partial charge in [0.2, 0.25) is 5.91 Å². The number of aliphatic hydroxyl groups is 1. The zero-order valence-electron chi connectivity index (χ0n) is 21.8. The van der Waals surface area contributed by atoms with Crippen molar-refractivity contribution in [2.24, 2.45) is 5.92 Å². The van der Waals surface area contributed by atoms with Crippen LogP contribution in [0.1, 0.15) is 50.2 Å². The number of nitrogens with one attached hydrogen (secondary N) is 1. The van der Waals surface area contributed by atoms with E-state index in [2.05, 4.69) is 5.32 Å². The topological polar surface area (TPSA) is 88.1 Å². The molecular weight excluding hydrogens is 492 g/mol. The van der Waals surface area contributed by atoms with E-state index < -0.39 is 11.9 Å². The molecule has 37 heavy (non-hydrogen) atoms. The van der Waals surface area contributed by atoms with Gasteiger partial charge in [-0.1, -0.05) is 42.8 Å². The highest BCUT2D eigenvalue weighted by Crippen LogP contribution is 2.38. The first-order chi connectivity index (χ1) is 17.8. The van der Waals surface area contributed by atoms with Gasteiger partial charge in [-0.3, -0.25) is 4.79 Å². The quantitative estimate of drug-likeness (QED) is 0.290. The molecule has 1 amide bonds. The van der Waals surface area contributed by atoms with E-state index in [9.17, 15) is 9.59 Å². The second-order valence-corrected chi connectivity index (χ2v) is 9.89. The average Bonchev–Trinajstić information content (AvgIpc) is 2.89. The molecule has 200 valence electrons. The minimum absolute atomic E-state index is 0.0290. The summed E-state index contributed by atoms with van der Waals surface area (Å²) in [5, 5.41) is 12.8. The Morgan fingerprint density at radius 2 is 1.89 bits per heavy atom. The van der Waals surface area contributed by atoms with Crippen LogP contribution in [-0.2, 0) is 20.9 Å². The van der Waals surface area contributed by atoms with Crippen LogP contribution in [0.15, 0.2) is 59.8 Å². The number of esters is 1. The molecule has 1 aliphatic heterocycles. The molecule has 2 N–H and O–H groups in total. The largest absolute Gasteiger partial charge is 0.492 e. The second kappa shape index (κ2) is 14.2. The lowest BCUT2D eigenvalue weighted by molar-refractivity contribution is -0.141. The number of hydrogen-bond donors (Lipinski definition) is 2. The second-order valence-electron chi connectivity index (χ2n) is 9.45. The van der Waals surface area contributed by atoms with Crippen LogP contribution in [0.5, 0.6) is 5.75 Å². The standard InChI is InChI=1S/C29H37ClN2O5/c1-20(5-4-15-33)18-32-21(2)28(26(17-27(32)34)23-8-10-24(30)11-9-23)29(35)37-19-22-6-12-25(13-7-22)36-16-14-31-3/h6-13,20,26,31,33H,4-5,14-19H2,1-3H3. The van der Waals surface area contributed by atoms with Crippen LogP contribution in [0.25, 0.3) is 0 Å². The Hall–Kier alpha value is -2.87. The number of carbonyl (C=O) groups is 2. The van der Waals surface area contributed by atoms with E-state index >= 15 is 0 Å². The highest BCUT2D eigenvalue weighted by atomic mass is 35.5. The van der Waals surface area contributed by atoms with Gasteiger partial charge in [-0.05, 0) is 68.1 Å². The lowest BCUT2D eigenvalue weighted by Crippen LogP contribution is -2.40. The Balaban J connectivity index is 1.80. The molecule has 2 atom stereocenters. The summed E-state index contributed by atoms with van der Waals surface area (Å²) in [7, 11) is 1.87. The van der Waals surface area contributed by atoms with Crippen LogP contribution >= 0.6 is 11.6 Å². The SMILES string of the molecule is CNCCOc1ccc(COC(=O)C2=C(C)N(CC(C)CCCO)C(=O)CC2c2ccc(Cl)cc2)cc1. The number of ether oxygens (including phenoxy) is 2. The third-order valence-corrected chi connectivity index (χ3v) is 6.83. The van der Waals surface area contributed by atoms with E-state index in [1.165, 1.54) is 0 Å². The van der Waals surface area contributed by atoms with Crippen LogP contribution in [-0.4, -0.2) is 55.2 Å². The molecule has 2 aromatic rings. The molecule has 1 heterocycles. The van der Waals surface area contributed by atoms with Gasteiger partial charge in [0.15, 0.2) is 0 Å². The van der Waals surface area contributed by atoms with E-state index in [1.54, 1.807) is 17.0 Å². The highest BCUT2D eigenvalue weighted by molar-refractivity contribution is 6.30. The molecule has 0 fully saturated rings. The van der Waals surface area contributed by atoms with Crippen LogP contribution < -0.4 is 10.1 Å². The number of carbonyl (C=O) groups excluding carboxylic acids is 2. The summed E-state index contributed by atoms with van der Waals surface area (Å²) in [5.41, 5.74) is 2.80. The fourth-order valence-electron chi connectivity index (χ4n) is 4.50. The van der Waals surface area contributed by atoms with Crippen molar-refractivity contribution in [3.63, 3.8) is 0 Å².